The summed E-state index contributed by atoms with van der Waals surface area (Å²) in [5.41, 5.74) is 5.83. The molecule has 66 valence electrons. The predicted octanol–water partition coefficient (Wildman–Crippen LogP) is 1.57. The summed E-state index contributed by atoms with van der Waals surface area (Å²) in [7, 11) is 0. The summed E-state index contributed by atoms with van der Waals surface area (Å²) in [6.45, 7) is 2.03. The highest BCUT2D eigenvalue weighted by Gasteiger charge is 2.38. The Balaban J connectivity index is 2.39. The van der Waals surface area contributed by atoms with E-state index in [2.05, 4.69) is 10.2 Å². The number of nitrogen functional groups attached to an aromatic ring is 1. The Bertz CT molecular complexity index is 301. The molecule has 0 radical (unpaired) electrons. The molecule has 2 rings (SSSR count). The van der Waals surface area contributed by atoms with Crippen molar-refractivity contribution in [2.45, 2.75) is 31.6 Å². The minimum Gasteiger partial charge on any atom is -0.380 e. The summed E-state index contributed by atoms with van der Waals surface area (Å²) >= 11 is 0. The van der Waals surface area contributed by atoms with E-state index in [0.717, 1.165) is 19.3 Å². The molecule has 0 atom stereocenters. The second kappa shape index (κ2) is 2.21. The molecule has 1 aromatic rings. The van der Waals surface area contributed by atoms with Gasteiger partial charge in [-0.15, -0.1) is 0 Å². The van der Waals surface area contributed by atoms with E-state index in [0.29, 0.717) is 5.69 Å². The Morgan fingerprint density at radius 3 is 2.58 bits per heavy atom. The van der Waals surface area contributed by atoms with Crippen LogP contribution in [-0.4, -0.2) is 10.2 Å². The maximum atomic E-state index is 13.3. The number of H-pyrrole nitrogens is 1. The first-order valence-corrected chi connectivity index (χ1v) is 4.13. The number of aromatic amines is 1. The van der Waals surface area contributed by atoms with Gasteiger partial charge in [0.1, 0.15) is 0 Å². The van der Waals surface area contributed by atoms with Crippen LogP contribution in [0.4, 0.5) is 10.2 Å². The van der Waals surface area contributed by atoms with Crippen molar-refractivity contribution in [2.75, 3.05) is 5.73 Å². The highest BCUT2D eigenvalue weighted by atomic mass is 19.1. The average molecular weight is 169 g/mol. The number of nitrogens with one attached hydrogen (secondary N) is 1. The number of rotatable bonds is 1. The van der Waals surface area contributed by atoms with Gasteiger partial charge in [0, 0.05) is 5.41 Å². The molecule has 0 aliphatic heterocycles. The van der Waals surface area contributed by atoms with Gasteiger partial charge in [0.25, 0.3) is 0 Å². The number of nitrogens with two attached hydrogens (primary N) is 1. The first kappa shape index (κ1) is 7.58. The molecular weight excluding hydrogens is 157 g/mol. The molecule has 0 amide bonds. The lowest BCUT2D eigenvalue weighted by molar-refractivity contribution is 0.256. The molecule has 0 saturated heterocycles. The number of anilines is 1. The Morgan fingerprint density at radius 2 is 2.25 bits per heavy atom. The fraction of sp³-hybridized carbons (Fsp3) is 0.625. The summed E-state index contributed by atoms with van der Waals surface area (Å²) < 4.78 is 13.3. The first-order chi connectivity index (χ1) is 5.63. The van der Waals surface area contributed by atoms with Crippen LogP contribution in [-0.2, 0) is 5.41 Å². The lowest BCUT2D eigenvalue weighted by Crippen LogP contribution is -2.31. The summed E-state index contributed by atoms with van der Waals surface area (Å²) in [4.78, 5) is 0. The zero-order valence-corrected chi connectivity index (χ0v) is 7.02. The highest BCUT2D eigenvalue weighted by Crippen LogP contribution is 2.43. The van der Waals surface area contributed by atoms with Gasteiger partial charge >= 0.3 is 0 Å². The van der Waals surface area contributed by atoms with Crippen molar-refractivity contribution in [3.8, 4) is 0 Å². The fourth-order valence-electron chi connectivity index (χ4n) is 1.70. The molecular formula is C8H12FN3. The maximum Gasteiger partial charge on any atom is 0.188 e. The number of halogens is 1. The van der Waals surface area contributed by atoms with E-state index in [9.17, 15) is 4.39 Å². The van der Waals surface area contributed by atoms with Crippen molar-refractivity contribution in [1.29, 1.82) is 0 Å². The number of aromatic nitrogens is 2. The van der Waals surface area contributed by atoms with Gasteiger partial charge < -0.3 is 5.73 Å². The van der Waals surface area contributed by atoms with Gasteiger partial charge in [-0.25, -0.2) is 4.39 Å². The Kier molecular flexibility index (Phi) is 1.40. The molecule has 1 aliphatic rings. The van der Waals surface area contributed by atoms with Gasteiger partial charge in [0.2, 0.25) is 0 Å². The third-order valence-corrected chi connectivity index (χ3v) is 2.79. The van der Waals surface area contributed by atoms with Gasteiger partial charge in [-0.05, 0) is 12.8 Å². The van der Waals surface area contributed by atoms with Crippen LogP contribution in [0, 0.1) is 5.82 Å². The van der Waals surface area contributed by atoms with Crippen molar-refractivity contribution in [2.24, 2.45) is 0 Å². The Labute approximate surface area is 70.2 Å². The second-order valence-corrected chi connectivity index (χ2v) is 3.71. The van der Waals surface area contributed by atoms with Crippen LogP contribution in [0.3, 0.4) is 0 Å². The molecule has 1 aliphatic carbocycles. The van der Waals surface area contributed by atoms with Crippen molar-refractivity contribution in [3.63, 3.8) is 0 Å². The van der Waals surface area contributed by atoms with E-state index < -0.39 is 0 Å². The van der Waals surface area contributed by atoms with Gasteiger partial charge in [0.15, 0.2) is 11.6 Å². The topological polar surface area (TPSA) is 54.7 Å². The number of hydrogen-bond acceptors (Lipinski definition) is 2. The molecule has 3 nitrogen and oxygen atoms in total. The van der Waals surface area contributed by atoms with E-state index >= 15 is 0 Å². The van der Waals surface area contributed by atoms with E-state index in [1.807, 2.05) is 6.92 Å². The highest BCUT2D eigenvalue weighted by molar-refractivity contribution is 5.35. The molecule has 1 heterocycles. The van der Waals surface area contributed by atoms with Crippen LogP contribution >= 0.6 is 0 Å². The van der Waals surface area contributed by atoms with Crippen molar-refractivity contribution in [1.82, 2.24) is 10.2 Å². The quantitative estimate of drug-likeness (QED) is 0.670. The normalized spacial score (nSPS) is 20.5. The summed E-state index contributed by atoms with van der Waals surface area (Å²) in [6, 6.07) is 0. The van der Waals surface area contributed by atoms with Crippen LogP contribution in [0.25, 0.3) is 0 Å². The zero-order chi connectivity index (χ0) is 8.77. The molecule has 0 spiro atoms. The molecule has 0 bridgehead atoms. The van der Waals surface area contributed by atoms with E-state index in [4.69, 9.17) is 5.73 Å². The Morgan fingerprint density at radius 1 is 1.58 bits per heavy atom. The number of nitrogens with zero attached hydrogens (tertiary/aromatic N) is 1. The lowest BCUT2D eigenvalue weighted by atomic mass is 9.68. The van der Waals surface area contributed by atoms with Crippen LogP contribution < -0.4 is 5.73 Å². The largest absolute Gasteiger partial charge is 0.380 e. The SMILES string of the molecule is CC1(c2[nH]nc(N)c2F)CCC1. The second-order valence-electron chi connectivity index (χ2n) is 3.71. The molecule has 1 aromatic heterocycles. The number of hydrogen-bond donors (Lipinski definition) is 2. The smallest absolute Gasteiger partial charge is 0.188 e. The van der Waals surface area contributed by atoms with E-state index in [1.54, 1.807) is 0 Å². The van der Waals surface area contributed by atoms with Crippen molar-refractivity contribution >= 4 is 5.82 Å². The van der Waals surface area contributed by atoms with Crippen molar-refractivity contribution in [3.05, 3.63) is 11.5 Å². The van der Waals surface area contributed by atoms with Gasteiger partial charge in [-0.2, -0.15) is 5.10 Å². The van der Waals surface area contributed by atoms with Crippen LogP contribution in [0.1, 0.15) is 31.9 Å². The van der Waals surface area contributed by atoms with Gasteiger partial charge in [-0.1, -0.05) is 13.3 Å². The summed E-state index contributed by atoms with van der Waals surface area (Å²) in [5, 5.41) is 6.31. The van der Waals surface area contributed by atoms with Gasteiger partial charge in [0.05, 0.1) is 5.69 Å². The zero-order valence-electron chi connectivity index (χ0n) is 7.02. The predicted molar refractivity (Wildman–Crippen MR) is 44.2 cm³/mol. The first-order valence-electron chi connectivity index (χ1n) is 4.13. The van der Waals surface area contributed by atoms with Crippen LogP contribution in [0.5, 0.6) is 0 Å². The molecule has 3 N–H and O–H groups in total. The minimum absolute atomic E-state index is 0.0156. The van der Waals surface area contributed by atoms with Crippen LogP contribution in [0.2, 0.25) is 0 Å². The third-order valence-electron chi connectivity index (χ3n) is 2.79. The lowest BCUT2D eigenvalue weighted by Gasteiger charge is -2.37. The fourth-order valence-corrected chi connectivity index (χ4v) is 1.70. The Hall–Kier alpha value is -1.06. The molecule has 1 fully saturated rings. The monoisotopic (exact) mass is 169 g/mol. The van der Waals surface area contributed by atoms with Crippen LogP contribution in [0.15, 0.2) is 0 Å². The van der Waals surface area contributed by atoms with Gasteiger partial charge in [-0.3, -0.25) is 5.10 Å². The molecule has 4 heteroatoms. The molecule has 0 unspecified atom stereocenters. The average Bonchev–Trinajstić information content (AvgIpc) is 2.29. The molecule has 12 heavy (non-hydrogen) atoms. The summed E-state index contributed by atoms with van der Waals surface area (Å²) in [5.74, 6) is -0.379. The van der Waals surface area contributed by atoms with E-state index in [-0.39, 0.29) is 17.1 Å². The standard InChI is InChI=1S/C8H12FN3/c1-8(3-2-4-8)6-5(9)7(10)12-11-6/h2-4H2,1H3,(H3,10,11,12). The van der Waals surface area contributed by atoms with Crippen molar-refractivity contribution < 1.29 is 4.39 Å². The van der Waals surface area contributed by atoms with E-state index in [1.165, 1.54) is 0 Å². The third kappa shape index (κ3) is 0.838. The molecule has 1 saturated carbocycles. The molecule has 0 aromatic carbocycles. The minimum atomic E-state index is -0.364. The maximum absolute atomic E-state index is 13.3. The summed E-state index contributed by atoms with van der Waals surface area (Å²) in [6.07, 6.45) is 3.20.